The van der Waals surface area contributed by atoms with E-state index in [1.54, 1.807) is 12.0 Å². The van der Waals surface area contributed by atoms with Crippen molar-refractivity contribution in [1.82, 2.24) is 10.4 Å². The van der Waals surface area contributed by atoms with Crippen molar-refractivity contribution in [1.29, 1.82) is 0 Å². The molecule has 0 saturated carbocycles. The highest BCUT2D eigenvalue weighted by molar-refractivity contribution is 5.68. The van der Waals surface area contributed by atoms with Gasteiger partial charge in [0.1, 0.15) is 11.4 Å². The third-order valence-corrected chi connectivity index (χ3v) is 4.57. The van der Waals surface area contributed by atoms with E-state index >= 15 is 0 Å². The Balaban J connectivity index is 1.61. The van der Waals surface area contributed by atoms with E-state index < -0.39 is 5.60 Å². The molecule has 1 aromatic rings. The minimum atomic E-state index is -0.469. The molecule has 0 bridgehead atoms. The Morgan fingerprint density at radius 2 is 1.93 bits per heavy atom. The zero-order chi connectivity index (χ0) is 21.4. The van der Waals surface area contributed by atoms with Gasteiger partial charge in [0.25, 0.3) is 0 Å². The Kier molecular flexibility index (Phi) is 8.34. The molecule has 1 saturated heterocycles. The summed E-state index contributed by atoms with van der Waals surface area (Å²) in [6, 6.07) is 5.83. The molecule has 0 radical (unpaired) electrons. The van der Waals surface area contributed by atoms with Crippen molar-refractivity contribution < 1.29 is 23.8 Å². The number of aryl methyl sites for hydroxylation is 1. The molecule has 162 valence electrons. The molecule has 1 aromatic carbocycles. The maximum Gasteiger partial charge on any atom is 0.410 e. The molecule has 1 amide bonds. The quantitative estimate of drug-likeness (QED) is 0.521. The summed E-state index contributed by atoms with van der Waals surface area (Å²) in [6.07, 6.45) is 1.47. The van der Waals surface area contributed by atoms with Crippen LogP contribution < -0.4 is 10.2 Å². The van der Waals surface area contributed by atoms with Crippen molar-refractivity contribution in [2.24, 2.45) is 0 Å². The van der Waals surface area contributed by atoms with Gasteiger partial charge in [-0.3, -0.25) is 10.3 Å². The molecular weight excluding hydrogens is 372 g/mol. The summed E-state index contributed by atoms with van der Waals surface area (Å²) < 4.78 is 16.5. The van der Waals surface area contributed by atoms with Crippen molar-refractivity contribution in [3.05, 3.63) is 35.9 Å². The van der Waals surface area contributed by atoms with Gasteiger partial charge in [-0.25, -0.2) is 4.79 Å². The summed E-state index contributed by atoms with van der Waals surface area (Å²) in [5.74, 6) is 0.841. The first-order valence-corrected chi connectivity index (χ1v) is 10.0. The molecule has 0 aromatic heterocycles. The van der Waals surface area contributed by atoms with E-state index in [0.29, 0.717) is 32.0 Å². The summed E-state index contributed by atoms with van der Waals surface area (Å²) in [5.41, 5.74) is 5.05. The van der Waals surface area contributed by atoms with E-state index in [2.05, 4.69) is 12.1 Å². The standard InChI is InChI=1S/C22H34N2O5/c1-16-15-18(7-8-20(16)26-6)17(2)23-28-14-13-27-19-9-11-24(12-10-19)21(25)29-22(3,4)5/h7-8,15,19,23H,2,9-14H2,1,3-6H3. The Morgan fingerprint density at radius 3 is 2.52 bits per heavy atom. The Labute approximate surface area is 173 Å². The van der Waals surface area contributed by atoms with Gasteiger partial charge in [-0.15, -0.1) is 0 Å². The lowest BCUT2D eigenvalue weighted by atomic mass is 10.1. The van der Waals surface area contributed by atoms with E-state index in [0.717, 1.165) is 29.7 Å². The summed E-state index contributed by atoms with van der Waals surface area (Å²) in [5, 5.41) is 0. The first kappa shape index (κ1) is 23.0. The molecule has 0 aliphatic carbocycles. The number of amides is 1. The van der Waals surface area contributed by atoms with Gasteiger partial charge in [0.2, 0.25) is 0 Å². The Morgan fingerprint density at radius 1 is 1.24 bits per heavy atom. The van der Waals surface area contributed by atoms with Crippen molar-refractivity contribution in [2.45, 2.75) is 52.2 Å². The molecule has 0 atom stereocenters. The van der Waals surface area contributed by atoms with Gasteiger partial charge in [0, 0.05) is 13.1 Å². The second-order valence-corrected chi connectivity index (χ2v) is 8.15. The number of hydrogen-bond donors (Lipinski definition) is 1. The Bertz CT molecular complexity index is 691. The number of likely N-dealkylation sites (tertiary alicyclic amines) is 1. The first-order valence-electron chi connectivity index (χ1n) is 10.0. The van der Waals surface area contributed by atoms with E-state index in [4.69, 9.17) is 19.0 Å². The molecule has 1 N–H and O–H groups in total. The van der Waals surface area contributed by atoms with E-state index in [1.165, 1.54) is 0 Å². The van der Waals surface area contributed by atoms with Gasteiger partial charge in [-0.2, -0.15) is 0 Å². The highest BCUT2D eigenvalue weighted by atomic mass is 16.7. The van der Waals surface area contributed by atoms with Crippen LogP contribution in [0.2, 0.25) is 0 Å². The number of methoxy groups -OCH3 is 1. The maximum atomic E-state index is 12.1. The van der Waals surface area contributed by atoms with Crippen molar-refractivity contribution in [3.8, 4) is 5.75 Å². The topological polar surface area (TPSA) is 69.3 Å². The van der Waals surface area contributed by atoms with Crippen LogP contribution in [-0.2, 0) is 14.3 Å². The molecule has 2 rings (SSSR count). The van der Waals surface area contributed by atoms with Gasteiger partial charge >= 0.3 is 6.09 Å². The number of rotatable bonds is 8. The highest BCUT2D eigenvalue weighted by Gasteiger charge is 2.27. The molecule has 1 fully saturated rings. The fraction of sp³-hybridized carbons (Fsp3) is 0.591. The second kappa shape index (κ2) is 10.5. The van der Waals surface area contributed by atoms with Crippen LogP contribution in [0, 0.1) is 6.92 Å². The number of carbonyl (C=O) groups excluding carboxylic acids is 1. The number of hydrogen-bond acceptors (Lipinski definition) is 6. The molecule has 1 heterocycles. The normalized spacial score (nSPS) is 15.1. The van der Waals surface area contributed by atoms with E-state index in [1.807, 2.05) is 45.9 Å². The first-order chi connectivity index (χ1) is 13.7. The lowest BCUT2D eigenvalue weighted by Crippen LogP contribution is -2.43. The fourth-order valence-electron chi connectivity index (χ4n) is 3.05. The predicted molar refractivity (Wildman–Crippen MR) is 113 cm³/mol. The lowest BCUT2D eigenvalue weighted by molar-refractivity contribution is -0.0388. The molecule has 29 heavy (non-hydrogen) atoms. The fourth-order valence-corrected chi connectivity index (χ4v) is 3.05. The lowest BCUT2D eigenvalue weighted by Gasteiger charge is -2.33. The van der Waals surface area contributed by atoms with Crippen molar-refractivity contribution >= 4 is 11.8 Å². The van der Waals surface area contributed by atoms with E-state index in [-0.39, 0.29) is 12.2 Å². The average molecular weight is 407 g/mol. The number of carbonyl (C=O) groups is 1. The summed E-state index contributed by atoms with van der Waals surface area (Å²) in [6.45, 7) is 13.8. The van der Waals surface area contributed by atoms with Crippen LogP contribution in [0.4, 0.5) is 4.79 Å². The van der Waals surface area contributed by atoms with Crippen LogP contribution >= 0.6 is 0 Å². The van der Waals surface area contributed by atoms with Gasteiger partial charge in [0.15, 0.2) is 0 Å². The van der Waals surface area contributed by atoms with Crippen LogP contribution in [0.1, 0.15) is 44.7 Å². The van der Waals surface area contributed by atoms with Gasteiger partial charge in [0.05, 0.1) is 32.1 Å². The Hall–Kier alpha value is -2.25. The van der Waals surface area contributed by atoms with Crippen molar-refractivity contribution in [3.63, 3.8) is 0 Å². The number of hydroxylamine groups is 1. The highest BCUT2D eigenvalue weighted by Crippen LogP contribution is 2.21. The smallest absolute Gasteiger partial charge is 0.410 e. The number of nitrogens with one attached hydrogen (secondary N) is 1. The van der Waals surface area contributed by atoms with Crippen LogP contribution in [0.25, 0.3) is 5.70 Å². The third kappa shape index (κ3) is 7.59. The van der Waals surface area contributed by atoms with Gasteiger partial charge < -0.3 is 19.1 Å². The summed E-state index contributed by atoms with van der Waals surface area (Å²) in [4.78, 5) is 19.3. The van der Waals surface area contributed by atoms with Crippen LogP contribution in [-0.4, -0.2) is 56.1 Å². The van der Waals surface area contributed by atoms with Gasteiger partial charge in [-0.05, 0) is 69.9 Å². The number of ether oxygens (including phenoxy) is 3. The summed E-state index contributed by atoms with van der Waals surface area (Å²) >= 11 is 0. The molecule has 1 aliphatic heterocycles. The summed E-state index contributed by atoms with van der Waals surface area (Å²) in [7, 11) is 1.65. The van der Waals surface area contributed by atoms with Crippen LogP contribution in [0.15, 0.2) is 24.8 Å². The number of piperidine rings is 1. The largest absolute Gasteiger partial charge is 0.496 e. The number of nitrogens with zero attached hydrogens (tertiary/aromatic N) is 1. The molecule has 0 unspecified atom stereocenters. The molecular formula is C22H34N2O5. The van der Waals surface area contributed by atoms with E-state index in [9.17, 15) is 4.79 Å². The zero-order valence-electron chi connectivity index (χ0n) is 18.2. The SMILES string of the molecule is C=C(NOCCOC1CCN(C(=O)OC(C)(C)C)CC1)c1ccc(OC)c(C)c1. The minimum absolute atomic E-state index is 0.129. The van der Waals surface area contributed by atoms with Crippen molar-refractivity contribution in [2.75, 3.05) is 33.4 Å². The molecule has 0 spiro atoms. The second-order valence-electron chi connectivity index (χ2n) is 8.15. The van der Waals surface area contributed by atoms with Crippen LogP contribution in [0.3, 0.4) is 0 Å². The maximum absolute atomic E-state index is 12.1. The number of benzene rings is 1. The third-order valence-electron chi connectivity index (χ3n) is 4.57. The molecule has 7 nitrogen and oxygen atoms in total. The minimum Gasteiger partial charge on any atom is -0.496 e. The molecule has 1 aliphatic rings. The zero-order valence-corrected chi connectivity index (χ0v) is 18.2. The average Bonchev–Trinajstić information content (AvgIpc) is 2.66. The van der Waals surface area contributed by atoms with Gasteiger partial charge in [-0.1, -0.05) is 6.58 Å². The molecule has 7 heteroatoms. The monoisotopic (exact) mass is 406 g/mol. The van der Waals surface area contributed by atoms with Crippen LogP contribution in [0.5, 0.6) is 5.75 Å². The predicted octanol–water partition coefficient (Wildman–Crippen LogP) is 3.91.